The van der Waals surface area contributed by atoms with Crippen molar-refractivity contribution in [1.82, 2.24) is 54.7 Å². The molecule has 33 nitrogen and oxygen atoms in total. The van der Waals surface area contributed by atoms with E-state index in [-0.39, 0.29) is 88.1 Å². The molecule has 4 fully saturated rings. The van der Waals surface area contributed by atoms with Gasteiger partial charge in [0.15, 0.2) is 5.78 Å². The topological polar surface area (TPSA) is 433 Å². The molecule has 4 aromatic heterocycles. The molecule has 0 saturated carbocycles. The lowest BCUT2D eigenvalue weighted by atomic mass is 9.93. The van der Waals surface area contributed by atoms with Crippen molar-refractivity contribution in [2.75, 3.05) is 40.1 Å². The van der Waals surface area contributed by atoms with Gasteiger partial charge in [-0.25, -0.2) is 27.2 Å². The lowest BCUT2D eigenvalue weighted by Gasteiger charge is -2.31. The van der Waals surface area contributed by atoms with Gasteiger partial charge in [0, 0.05) is 163 Å². The summed E-state index contributed by atoms with van der Waals surface area (Å²) in [6.07, 6.45) is -3.21. The maximum atomic E-state index is 15.3. The lowest BCUT2D eigenvalue weighted by Crippen LogP contribution is -2.55. The number of esters is 5. The molecule has 4 aliphatic heterocycles. The number of Topliss-reactive ketones (excluding diaryl/α,β-unsaturated/α-hetero) is 1. The van der Waals surface area contributed by atoms with E-state index >= 15 is 8.78 Å². The number of amides is 7. The predicted octanol–water partition coefficient (Wildman–Crippen LogP) is 13.7. The highest BCUT2D eigenvalue weighted by atomic mass is 19.1. The minimum atomic E-state index is -3.12. The molecule has 0 unspecified atom stereocenters. The number of likely N-dealkylation sites (N-methyl/N-ethyl adjacent to an activating group) is 2. The number of halogens is 4. The smallest absolute Gasteiger partial charge is 0.410 e. The van der Waals surface area contributed by atoms with Crippen LogP contribution < -0.4 is 16.8 Å². The van der Waals surface area contributed by atoms with E-state index in [9.17, 15) is 71.1 Å². The maximum Gasteiger partial charge on any atom is 0.410 e. The third kappa shape index (κ3) is 26.9. The summed E-state index contributed by atoms with van der Waals surface area (Å²) >= 11 is 0. The molecule has 12 rings (SSSR count). The van der Waals surface area contributed by atoms with E-state index in [1.165, 1.54) is 128 Å². The average molecular weight is 1930 g/mol. The Morgan fingerprint density at radius 3 is 0.942 bits per heavy atom. The fourth-order valence-electron chi connectivity index (χ4n) is 18.5. The summed E-state index contributed by atoms with van der Waals surface area (Å²) in [4.78, 5) is 191. The first-order valence-electron chi connectivity index (χ1n) is 49.7. The summed E-state index contributed by atoms with van der Waals surface area (Å²) in [7, 11) is 0. The molecule has 9 N–H and O–H groups in total. The summed E-state index contributed by atoms with van der Waals surface area (Å²) in [6.45, 7) is 24.6. The monoisotopic (exact) mass is 1930 g/mol. The molecule has 752 valence electrons. The molecule has 14 atom stereocenters. The highest BCUT2D eigenvalue weighted by molar-refractivity contribution is 6.00. The normalized spacial score (nSPS) is 20.4. The number of likely N-dealkylation sites (tertiary alicyclic amines) is 4. The van der Waals surface area contributed by atoms with E-state index in [1.54, 1.807) is 68.7 Å². The van der Waals surface area contributed by atoms with Gasteiger partial charge in [-0.2, -0.15) is 0 Å². The Kier molecular flexibility index (Phi) is 32.2. The number of ketones is 1. The third-order valence-corrected chi connectivity index (χ3v) is 24.8. The number of fused-ring (bicyclic) bond motifs is 4. The summed E-state index contributed by atoms with van der Waals surface area (Å²) in [5, 5.41) is 5.08. The van der Waals surface area contributed by atoms with E-state index in [0.717, 1.165) is 21.9 Å². The number of nitrogens with zero attached hydrogens (tertiary/aromatic N) is 6. The molecule has 4 aromatic carbocycles. The molecule has 4 saturated heterocycles. The molecule has 7 amide bonds. The molecular weight excluding hydrogens is 1790 g/mol. The Labute approximate surface area is 809 Å². The van der Waals surface area contributed by atoms with Crippen molar-refractivity contribution < 1.29 is 121 Å². The van der Waals surface area contributed by atoms with Crippen LogP contribution in [0.2, 0.25) is 0 Å². The zero-order valence-electron chi connectivity index (χ0n) is 88.0. The Hall–Kier alpha value is -12.4. The first-order valence-corrected chi connectivity index (χ1v) is 46.7. The highest BCUT2D eigenvalue weighted by Crippen LogP contribution is 2.44. The second-order valence-corrected chi connectivity index (χ2v) is 39.0. The SMILES string of the molecule is CC(=O)OC(C)(C)C.CC[C@H](N)C(=O)N1C[C@@H](OC(C)=O)C[C@H]1Cc1c(-c2[nH]c3cc(F)ccc3c2C[C@@H]2C[C@H](OC(C)=O)CN2C(=O)[C@@H](N)CC)[nH]c2cc(F)ccc12.[2H]C([2H])([2H])N(C(=O)OC(C)(C)C)[C@@H](C)C(=O)C[C@@H](CC)C(=O)N1C[C@@H](OC(C)=O)C[C@H]1Cc1c(-c2[nH]c3cc(F)ccc3c2C[C@@H]2C[C@H](OC(C)=O)CN2C(=O)[C@H](CC)NC(=O)[C@H](C)N(C(=O)OC(C)(C)C)C([2H])([2H])[2H])[nH]c2cc(F)ccc12. The average Bonchev–Trinajstić information content (AvgIpc) is 1.59. The van der Waals surface area contributed by atoms with Crippen LogP contribution in [-0.2, 0) is 112 Å². The number of hydrogen-bond acceptors (Lipinski definition) is 22. The summed E-state index contributed by atoms with van der Waals surface area (Å²) < 4.78 is 146. The van der Waals surface area contributed by atoms with Crippen LogP contribution in [0.4, 0.5) is 27.2 Å². The molecular formula is C101H135F4N13O20. The number of benzene rings is 4. The van der Waals surface area contributed by atoms with Crippen LogP contribution in [0.5, 0.6) is 0 Å². The van der Waals surface area contributed by atoms with Gasteiger partial charge in [-0.1, -0.05) is 27.7 Å². The molecule has 8 aromatic rings. The molecule has 138 heavy (non-hydrogen) atoms. The molecule has 8 heterocycles. The van der Waals surface area contributed by atoms with Gasteiger partial charge in [0.1, 0.15) is 76.6 Å². The maximum absolute atomic E-state index is 15.3. The van der Waals surface area contributed by atoms with Crippen LogP contribution in [0.1, 0.15) is 227 Å². The van der Waals surface area contributed by atoms with E-state index < -0.39 is 199 Å². The number of hydrogen-bond donors (Lipinski definition) is 7. The van der Waals surface area contributed by atoms with Crippen molar-refractivity contribution in [3.05, 3.63) is 118 Å². The van der Waals surface area contributed by atoms with Gasteiger partial charge in [-0.15, -0.1) is 0 Å². The number of rotatable bonds is 29. The van der Waals surface area contributed by atoms with E-state index in [1.807, 2.05) is 34.6 Å². The lowest BCUT2D eigenvalue weighted by molar-refractivity contribution is -0.152. The number of aromatic amines is 4. The number of carbonyl (C=O) groups excluding carboxylic acids is 13. The Morgan fingerprint density at radius 1 is 0.413 bits per heavy atom. The van der Waals surface area contributed by atoms with Gasteiger partial charge in [-0.05, 0) is 223 Å². The van der Waals surface area contributed by atoms with Crippen LogP contribution in [-0.4, -0.2) is 262 Å². The summed E-state index contributed by atoms with van der Waals surface area (Å²) in [5.41, 5.74) is 16.1. The zero-order valence-corrected chi connectivity index (χ0v) is 82.0. The minimum Gasteiger partial charge on any atom is -0.461 e. The number of H-pyrrole nitrogens is 4. The summed E-state index contributed by atoms with van der Waals surface area (Å²) in [5.74, 6) is -8.87. The van der Waals surface area contributed by atoms with Crippen molar-refractivity contribution in [3.63, 3.8) is 0 Å². The second-order valence-electron chi connectivity index (χ2n) is 39.0. The Bertz CT molecular complexity index is 5750. The van der Waals surface area contributed by atoms with Gasteiger partial charge < -0.3 is 94.4 Å². The van der Waals surface area contributed by atoms with Crippen molar-refractivity contribution in [3.8, 4) is 22.8 Å². The first kappa shape index (κ1) is 98.6. The fraction of sp³-hybridized carbons (Fsp3) is 0.554. The molecule has 4 aliphatic rings. The van der Waals surface area contributed by atoms with Gasteiger partial charge in [0.2, 0.25) is 29.5 Å². The van der Waals surface area contributed by atoms with Crippen LogP contribution in [0, 0.1) is 29.2 Å². The van der Waals surface area contributed by atoms with Crippen LogP contribution in [0.25, 0.3) is 66.4 Å². The molecule has 37 heteroatoms. The predicted molar refractivity (Wildman–Crippen MR) is 509 cm³/mol. The second kappa shape index (κ2) is 45.0. The van der Waals surface area contributed by atoms with Gasteiger partial charge in [0.05, 0.1) is 67.1 Å². The van der Waals surface area contributed by atoms with Gasteiger partial charge in [0.25, 0.3) is 0 Å². The van der Waals surface area contributed by atoms with Gasteiger partial charge >= 0.3 is 42.0 Å². The van der Waals surface area contributed by atoms with Crippen molar-refractivity contribution in [2.24, 2.45) is 17.4 Å². The summed E-state index contributed by atoms with van der Waals surface area (Å²) in [6, 6.07) is 8.69. The van der Waals surface area contributed by atoms with Crippen LogP contribution >= 0.6 is 0 Å². The molecule has 0 aliphatic carbocycles. The number of carbonyl (C=O) groups is 13. The van der Waals surface area contributed by atoms with Crippen molar-refractivity contribution in [2.45, 2.75) is 318 Å². The van der Waals surface area contributed by atoms with E-state index in [0.29, 0.717) is 115 Å². The standard InChI is InChI=1S/C57H77F2N7O12.C38H46F2N6O6.C6H12O2/c1-15-34(21-48(69)30(3)63(13)54(73)77-56(7,8)9)52(71)65-28-39(75-32(5)67)24-37(65)26-43-41-19-17-35(58)22-46(41)60-49(43)50-44(42-20-18-36(59)23-47(42)61-50)27-38-25-40(76-33(6)68)29-66(38)53(72)45(16-2)62-51(70)31(4)64(14)55(74)78-57(10,11)12;1-5-31(41)37(49)45-17-25(51-19(3)47)13-23(45)15-29-27-9-7-21(39)11-33(27)43-35(29)36-30(28-10-8-22(40)12-34(28)44-36)16-24-14-26(52-20(4)48)18-46(24)38(50)32(42)6-2;1-5(7)8-6(2,3)4/h17-20,22-23,30-31,34,37-40,45,60-61H,15-16,21,24-29H2,1-14H3,(H,62,70);7-12,23-26,31-32,43-44H,5-6,13-18,41-42H2,1-4H3;1-4H3/t30-,31-,34+,37-,38-,39-,40-,45-;23-,24-,25-,26-,31-,32-;/m00./s1/i13D3,14D3;;. The molecule has 0 bridgehead atoms. The number of aromatic nitrogens is 4. The van der Waals surface area contributed by atoms with Crippen molar-refractivity contribution in [1.29, 1.82) is 0 Å². The van der Waals surface area contributed by atoms with E-state index in [4.69, 9.17) is 52.8 Å². The van der Waals surface area contributed by atoms with Gasteiger partial charge in [-0.3, -0.25) is 57.6 Å². The Balaban J connectivity index is 0.000000300. The highest BCUT2D eigenvalue weighted by Gasteiger charge is 2.47. The van der Waals surface area contributed by atoms with E-state index in [2.05, 4.69) is 25.3 Å². The minimum absolute atomic E-state index is 0.000218. The zero-order chi connectivity index (χ0) is 107. The van der Waals surface area contributed by atoms with Crippen LogP contribution in [0.15, 0.2) is 72.8 Å². The number of nitrogens with two attached hydrogens (primary N) is 2. The Morgan fingerprint density at radius 2 is 0.696 bits per heavy atom. The van der Waals surface area contributed by atoms with Crippen LogP contribution in [0.3, 0.4) is 0 Å². The molecule has 0 radical (unpaired) electrons. The largest absolute Gasteiger partial charge is 0.461 e. The van der Waals surface area contributed by atoms with Crippen molar-refractivity contribution >= 4 is 121 Å². The fourth-order valence-corrected chi connectivity index (χ4v) is 18.5. The third-order valence-electron chi connectivity index (χ3n) is 24.8. The number of nitrogens with one attached hydrogen (secondary N) is 5. The quantitative estimate of drug-likeness (QED) is 0.0130. The molecule has 0 spiro atoms. The first-order chi connectivity index (χ1) is 67.0. The number of ether oxygens (including phenoxy) is 7.